The highest BCUT2D eigenvalue weighted by Gasteiger charge is 2.10. The van der Waals surface area contributed by atoms with Gasteiger partial charge in [-0.2, -0.15) is 0 Å². The Kier molecular flexibility index (Phi) is 16.7. The van der Waals surface area contributed by atoms with Crippen LogP contribution in [0.25, 0.3) is 0 Å². The number of nitrogens with two attached hydrogens (primary N) is 1. The molecule has 6 nitrogen and oxygen atoms in total. The molecule has 8 heteroatoms. The number of aldehydes is 1. The molecule has 0 saturated heterocycles. The minimum Gasteiger partial charge on any atom is -0.360 e. The fraction of sp³-hybridized carbons (Fsp3) is 0.400. The zero-order valence-corrected chi connectivity index (χ0v) is 20.2. The maximum atomic E-state index is 12.3. The van der Waals surface area contributed by atoms with Crippen molar-refractivity contribution in [2.75, 3.05) is 25.5 Å². The summed E-state index contributed by atoms with van der Waals surface area (Å²) in [4.78, 5) is 15.5. The lowest BCUT2D eigenvalue weighted by Gasteiger charge is -2.17. The van der Waals surface area contributed by atoms with Crippen molar-refractivity contribution in [2.24, 2.45) is 5.73 Å². The Morgan fingerprint density at radius 2 is 1.73 bits per heavy atom. The molecule has 0 bridgehead atoms. The summed E-state index contributed by atoms with van der Waals surface area (Å²) in [6.07, 6.45) is 2.95. The number of carbonyl (C=O) groups is 1. The Labute approximate surface area is 195 Å². The van der Waals surface area contributed by atoms with Crippen LogP contribution in [-0.2, 0) is 6.42 Å². The average Bonchev–Trinajstić information content (AvgIpc) is 3.37. The maximum Gasteiger partial charge on any atom is 0.280 e. The fourth-order valence-corrected chi connectivity index (χ4v) is 2.55. The first kappa shape index (κ1) is 29.9. The molecule has 0 aliphatic rings. The van der Waals surface area contributed by atoms with Gasteiger partial charge in [-0.25, -0.2) is 13.8 Å². The van der Waals surface area contributed by atoms with Gasteiger partial charge in [-0.1, -0.05) is 61.3 Å². The monoisotopic (exact) mass is 462 g/mol. The standard InChI is InChI=1S/C10H14F2N2.C10H14.C4H3NO2.CH5N/c1-3-7-14(2)9-6-4-5-8(13-9)10(11)12;1-3-4-10-7-5-9(2)6-8-10;6-3-4-1-2-5-7-4;1-2/h4-6,10H,3,7H2,1-2H3;5-8H,3-4H2,1-2H3;1-3H;2H2,1H3. The van der Waals surface area contributed by atoms with Crippen LogP contribution in [0.15, 0.2) is 59.3 Å². The average molecular weight is 463 g/mol. The zero-order chi connectivity index (χ0) is 25.1. The van der Waals surface area contributed by atoms with Crippen LogP contribution in [0, 0.1) is 6.92 Å². The van der Waals surface area contributed by atoms with E-state index in [4.69, 9.17) is 0 Å². The van der Waals surface area contributed by atoms with Crippen molar-refractivity contribution in [2.45, 2.75) is 46.5 Å². The van der Waals surface area contributed by atoms with Crippen molar-refractivity contribution in [1.29, 1.82) is 0 Å². The molecule has 0 fully saturated rings. The van der Waals surface area contributed by atoms with E-state index in [2.05, 4.69) is 58.5 Å². The molecule has 2 aromatic heterocycles. The first-order chi connectivity index (χ1) is 15.9. The Hall–Kier alpha value is -3.13. The molecule has 182 valence electrons. The number of aromatic nitrogens is 2. The second-order valence-corrected chi connectivity index (χ2v) is 6.91. The third-order valence-corrected chi connectivity index (χ3v) is 4.16. The number of benzene rings is 1. The quantitative estimate of drug-likeness (QED) is 0.442. The van der Waals surface area contributed by atoms with Gasteiger partial charge in [0.1, 0.15) is 11.5 Å². The van der Waals surface area contributed by atoms with E-state index in [0.717, 1.165) is 13.0 Å². The second kappa shape index (κ2) is 18.4. The van der Waals surface area contributed by atoms with Crippen molar-refractivity contribution in [3.63, 3.8) is 0 Å². The lowest BCUT2D eigenvalue weighted by atomic mass is 10.1. The Morgan fingerprint density at radius 1 is 1.06 bits per heavy atom. The third-order valence-electron chi connectivity index (χ3n) is 4.16. The first-order valence-corrected chi connectivity index (χ1v) is 10.9. The van der Waals surface area contributed by atoms with E-state index in [1.165, 1.54) is 49.3 Å². The molecular formula is C25H36F2N4O2. The van der Waals surface area contributed by atoms with Crippen LogP contribution in [0.1, 0.15) is 60.5 Å². The maximum absolute atomic E-state index is 12.3. The van der Waals surface area contributed by atoms with Gasteiger partial charge in [0.2, 0.25) is 0 Å². The predicted molar refractivity (Wildman–Crippen MR) is 130 cm³/mol. The lowest BCUT2D eigenvalue weighted by molar-refractivity contribution is 0.109. The van der Waals surface area contributed by atoms with Gasteiger partial charge in [0, 0.05) is 19.7 Å². The number of alkyl halides is 2. The molecule has 0 radical (unpaired) electrons. The minimum atomic E-state index is -2.50. The van der Waals surface area contributed by atoms with E-state index in [1.807, 2.05) is 18.9 Å². The number of carbonyl (C=O) groups excluding carboxylic acids is 1. The van der Waals surface area contributed by atoms with Crippen molar-refractivity contribution >= 4 is 12.1 Å². The Morgan fingerprint density at radius 3 is 2.18 bits per heavy atom. The molecule has 3 aromatic rings. The molecular weight excluding hydrogens is 426 g/mol. The molecule has 0 aliphatic heterocycles. The normalized spacial score (nSPS) is 9.48. The minimum absolute atomic E-state index is 0.162. The van der Waals surface area contributed by atoms with Gasteiger partial charge in [-0.15, -0.1) is 0 Å². The molecule has 2 heterocycles. The molecule has 0 atom stereocenters. The van der Waals surface area contributed by atoms with Crippen LogP contribution in [0.4, 0.5) is 14.6 Å². The topological polar surface area (TPSA) is 85.3 Å². The summed E-state index contributed by atoms with van der Waals surface area (Å²) in [6, 6.07) is 14.9. The molecule has 0 saturated carbocycles. The summed E-state index contributed by atoms with van der Waals surface area (Å²) < 4.78 is 29.0. The molecule has 33 heavy (non-hydrogen) atoms. The van der Waals surface area contributed by atoms with E-state index >= 15 is 0 Å². The molecule has 0 aliphatic carbocycles. The highest BCUT2D eigenvalue weighted by Crippen LogP contribution is 2.19. The predicted octanol–water partition coefficient (Wildman–Crippen LogP) is 5.87. The van der Waals surface area contributed by atoms with Gasteiger partial charge in [-0.05, 0) is 44.5 Å². The summed E-state index contributed by atoms with van der Waals surface area (Å²) in [7, 11) is 3.35. The van der Waals surface area contributed by atoms with Gasteiger partial charge >= 0.3 is 0 Å². The fourth-order valence-electron chi connectivity index (χ4n) is 2.55. The number of hydrogen-bond acceptors (Lipinski definition) is 6. The van der Waals surface area contributed by atoms with Crippen molar-refractivity contribution in [3.8, 4) is 0 Å². The van der Waals surface area contributed by atoms with Gasteiger partial charge in [0.25, 0.3) is 6.43 Å². The van der Waals surface area contributed by atoms with Gasteiger partial charge < -0.3 is 15.2 Å². The summed E-state index contributed by atoms with van der Waals surface area (Å²) >= 11 is 0. The van der Waals surface area contributed by atoms with Crippen LogP contribution in [-0.4, -0.2) is 37.1 Å². The van der Waals surface area contributed by atoms with E-state index in [-0.39, 0.29) is 11.5 Å². The third kappa shape index (κ3) is 13.1. The van der Waals surface area contributed by atoms with E-state index in [0.29, 0.717) is 12.1 Å². The number of halogens is 2. The molecule has 0 unspecified atom stereocenters. The van der Waals surface area contributed by atoms with Crippen molar-refractivity contribution in [3.05, 3.63) is 77.3 Å². The summed E-state index contributed by atoms with van der Waals surface area (Å²) in [6.45, 7) is 7.18. The number of anilines is 1. The number of aryl methyl sites for hydroxylation is 2. The van der Waals surface area contributed by atoms with E-state index in [1.54, 1.807) is 12.1 Å². The number of pyridine rings is 1. The van der Waals surface area contributed by atoms with Crippen LogP contribution in [0.2, 0.25) is 0 Å². The summed E-state index contributed by atoms with van der Waals surface area (Å²) in [5, 5.41) is 3.29. The van der Waals surface area contributed by atoms with Crippen molar-refractivity contribution in [1.82, 2.24) is 10.1 Å². The van der Waals surface area contributed by atoms with Gasteiger partial charge in [0.15, 0.2) is 12.0 Å². The van der Waals surface area contributed by atoms with E-state index < -0.39 is 6.43 Å². The number of nitrogens with zero attached hydrogens (tertiary/aromatic N) is 3. The summed E-state index contributed by atoms with van der Waals surface area (Å²) in [5.41, 5.74) is 7.14. The van der Waals surface area contributed by atoms with Crippen LogP contribution in [0.5, 0.6) is 0 Å². The molecule has 0 spiro atoms. The van der Waals surface area contributed by atoms with Crippen molar-refractivity contribution < 1.29 is 18.1 Å². The van der Waals surface area contributed by atoms with E-state index in [9.17, 15) is 13.6 Å². The SMILES string of the molecule is CCCN(C)c1cccc(C(F)F)n1.CCCc1ccc(C)cc1.CN.O=Cc1ccno1. The Bertz CT molecular complexity index is 857. The Balaban J connectivity index is 0.000000471. The second-order valence-electron chi connectivity index (χ2n) is 6.91. The molecule has 0 amide bonds. The lowest BCUT2D eigenvalue weighted by Crippen LogP contribution is -2.19. The number of hydrogen-bond donors (Lipinski definition) is 1. The largest absolute Gasteiger partial charge is 0.360 e. The van der Waals surface area contributed by atoms with Crippen LogP contribution < -0.4 is 10.6 Å². The first-order valence-electron chi connectivity index (χ1n) is 10.9. The molecule has 3 rings (SSSR count). The number of rotatable bonds is 7. The summed E-state index contributed by atoms with van der Waals surface area (Å²) in [5.74, 6) is 0.865. The van der Waals surface area contributed by atoms with Crippen LogP contribution >= 0.6 is 0 Å². The smallest absolute Gasteiger partial charge is 0.280 e. The highest BCUT2D eigenvalue weighted by molar-refractivity contribution is 5.69. The zero-order valence-electron chi connectivity index (χ0n) is 20.2. The molecule has 2 N–H and O–H groups in total. The van der Waals surface area contributed by atoms with Gasteiger partial charge in [0.05, 0.1) is 6.20 Å². The molecule has 1 aromatic carbocycles. The van der Waals surface area contributed by atoms with Gasteiger partial charge in [-0.3, -0.25) is 4.79 Å². The van der Waals surface area contributed by atoms with Crippen LogP contribution in [0.3, 0.4) is 0 Å². The highest BCUT2D eigenvalue weighted by atomic mass is 19.3.